The van der Waals surface area contributed by atoms with Gasteiger partial charge in [-0.3, -0.25) is 14.2 Å². The van der Waals surface area contributed by atoms with Crippen LogP contribution in [0.1, 0.15) is 25.2 Å². The molecule has 0 N–H and O–H groups in total. The summed E-state index contributed by atoms with van der Waals surface area (Å²) >= 11 is 0. The molecule has 154 valence electrons. The molecule has 0 aliphatic rings. The number of methoxy groups -OCH3 is 3. The number of benzene rings is 1. The smallest absolute Gasteiger partial charge is 0.261 e. The molecule has 0 saturated carbocycles. The molecule has 0 aliphatic heterocycles. The number of carbonyl (C=O) groups is 1. The van der Waals surface area contributed by atoms with Gasteiger partial charge in [0, 0.05) is 34.5 Å². The van der Waals surface area contributed by atoms with Crippen molar-refractivity contribution >= 4 is 16.8 Å². The van der Waals surface area contributed by atoms with E-state index < -0.39 is 6.04 Å². The van der Waals surface area contributed by atoms with E-state index in [1.165, 1.54) is 7.11 Å². The van der Waals surface area contributed by atoms with Crippen LogP contribution in [-0.4, -0.2) is 68.1 Å². The van der Waals surface area contributed by atoms with Crippen molar-refractivity contribution in [1.29, 1.82) is 0 Å². The number of amides is 1. The first-order chi connectivity index (χ1) is 13.5. The Hall–Kier alpha value is -2.29. The van der Waals surface area contributed by atoms with Crippen LogP contribution in [0.2, 0.25) is 0 Å². The van der Waals surface area contributed by atoms with Gasteiger partial charge >= 0.3 is 0 Å². The lowest BCUT2D eigenvalue weighted by Gasteiger charge is -2.30. The topological polar surface area (TPSA) is 82.9 Å². The van der Waals surface area contributed by atoms with Gasteiger partial charge < -0.3 is 19.1 Å². The Morgan fingerprint density at radius 3 is 2.54 bits per heavy atom. The molecule has 1 aromatic heterocycles. The molecular weight excluding hydrogens is 362 g/mol. The molecule has 28 heavy (non-hydrogen) atoms. The summed E-state index contributed by atoms with van der Waals surface area (Å²) in [5.74, 6) is 0.370. The van der Waals surface area contributed by atoms with Crippen LogP contribution in [0.15, 0.2) is 29.1 Å². The summed E-state index contributed by atoms with van der Waals surface area (Å²) in [4.78, 5) is 32.1. The van der Waals surface area contributed by atoms with Crippen molar-refractivity contribution in [2.75, 3.05) is 47.7 Å². The standard InChI is InChI=1S/C20H29N3O5/c1-15(22(10-7-12-26-2)18(24)14-28-4)19-21-17-9-6-5-8-16(17)20(25)23(19)11-13-27-3/h5-6,8-9,15H,7,10-14H2,1-4H3. The quantitative estimate of drug-likeness (QED) is 0.541. The molecule has 0 radical (unpaired) electrons. The van der Waals surface area contributed by atoms with Crippen molar-refractivity contribution in [1.82, 2.24) is 14.5 Å². The van der Waals surface area contributed by atoms with E-state index in [9.17, 15) is 9.59 Å². The minimum Gasteiger partial charge on any atom is -0.385 e. The van der Waals surface area contributed by atoms with Crippen molar-refractivity contribution in [3.63, 3.8) is 0 Å². The lowest BCUT2D eigenvalue weighted by atomic mass is 10.2. The summed E-state index contributed by atoms with van der Waals surface area (Å²) < 4.78 is 16.9. The minimum atomic E-state index is -0.409. The molecule has 2 rings (SSSR count). The van der Waals surface area contributed by atoms with Crippen molar-refractivity contribution in [3.8, 4) is 0 Å². The molecular formula is C20H29N3O5. The molecule has 1 heterocycles. The molecule has 2 aromatic rings. The Bertz CT molecular complexity index is 836. The van der Waals surface area contributed by atoms with E-state index in [1.807, 2.05) is 19.1 Å². The maximum absolute atomic E-state index is 13.1. The van der Waals surface area contributed by atoms with Gasteiger partial charge in [0.2, 0.25) is 5.91 Å². The van der Waals surface area contributed by atoms with E-state index >= 15 is 0 Å². The van der Waals surface area contributed by atoms with Crippen LogP contribution in [0.5, 0.6) is 0 Å². The van der Waals surface area contributed by atoms with Crippen LogP contribution in [0, 0.1) is 0 Å². The highest BCUT2D eigenvalue weighted by Crippen LogP contribution is 2.21. The summed E-state index contributed by atoms with van der Waals surface area (Å²) in [7, 11) is 4.69. The normalized spacial score (nSPS) is 12.3. The average molecular weight is 391 g/mol. The number of aromatic nitrogens is 2. The van der Waals surface area contributed by atoms with Gasteiger partial charge in [0.05, 0.1) is 30.1 Å². The zero-order chi connectivity index (χ0) is 20.5. The van der Waals surface area contributed by atoms with Crippen LogP contribution in [0.3, 0.4) is 0 Å². The number of nitrogens with zero attached hydrogens (tertiary/aromatic N) is 3. The first kappa shape index (κ1) is 22.0. The predicted molar refractivity (Wildman–Crippen MR) is 106 cm³/mol. The maximum atomic E-state index is 13.1. The van der Waals surface area contributed by atoms with Gasteiger partial charge in [-0.25, -0.2) is 4.98 Å². The highest BCUT2D eigenvalue weighted by molar-refractivity contribution is 5.79. The zero-order valence-electron chi connectivity index (χ0n) is 17.0. The van der Waals surface area contributed by atoms with E-state index in [0.29, 0.717) is 49.5 Å². The summed E-state index contributed by atoms with van der Waals surface area (Å²) in [6.45, 7) is 3.58. The largest absolute Gasteiger partial charge is 0.385 e. The van der Waals surface area contributed by atoms with Crippen molar-refractivity contribution in [3.05, 3.63) is 40.4 Å². The third-order valence-electron chi connectivity index (χ3n) is 4.59. The molecule has 0 bridgehead atoms. The van der Waals surface area contributed by atoms with Crippen LogP contribution in [0.25, 0.3) is 10.9 Å². The zero-order valence-corrected chi connectivity index (χ0v) is 17.0. The van der Waals surface area contributed by atoms with E-state index in [1.54, 1.807) is 35.8 Å². The van der Waals surface area contributed by atoms with Crippen LogP contribution >= 0.6 is 0 Å². The summed E-state index contributed by atoms with van der Waals surface area (Å²) in [5, 5.41) is 0.545. The number of fused-ring (bicyclic) bond motifs is 1. The van der Waals surface area contributed by atoms with Crippen LogP contribution < -0.4 is 5.56 Å². The molecule has 1 atom stereocenters. The molecule has 1 unspecified atom stereocenters. The minimum absolute atomic E-state index is 0.0345. The molecule has 0 spiro atoms. The molecule has 0 fully saturated rings. The van der Waals surface area contributed by atoms with E-state index in [0.717, 1.165) is 0 Å². The highest BCUT2D eigenvalue weighted by atomic mass is 16.5. The lowest BCUT2D eigenvalue weighted by Crippen LogP contribution is -2.40. The Morgan fingerprint density at radius 2 is 1.86 bits per heavy atom. The van der Waals surface area contributed by atoms with Gasteiger partial charge in [-0.1, -0.05) is 12.1 Å². The average Bonchev–Trinajstić information content (AvgIpc) is 2.70. The van der Waals surface area contributed by atoms with E-state index in [2.05, 4.69) is 0 Å². The van der Waals surface area contributed by atoms with E-state index in [-0.39, 0.29) is 18.1 Å². The number of carbonyl (C=O) groups excluding carboxylic acids is 1. The molecule has 8 nitrogen and oxygen atoms in total. The Kier molecular flexibility index (Phi) is 8.56. The Labute approximate surface area is 165 Å². The van der Waals surface area contributed by atoms with Crippen molar-refractivity contribution in [2.45, 2.75) is 25.9 Å². The summed E-state index contributed by atoms with van der Waals surface area (Å²) in [6, 6.07) is 6.81. The fourth-order valence-electron chi connectivity index (χ4n) is 3.16. The second-order valence-corrected chi connectivity index (χ2v) is 6.48. The molecule has 1 amide bonds. The fourth-order valence-corrected chi connectivity index (χ4v) is 3.16. The van der Waals surface area contributed by atoms with Crippen molar-refractivity contribution < 1.29 is 19.0 Å². The third kappa shape index (κ3) is 5.15. The number of hydrogen-bond donors (Lipinski definition) is 0. The first-order valence-electron chi connectivity index (χ1n) is 9.30. The number of rotatable bonds is 11. The summed E-state index contributed by atoms with van der Waals surface area (Å²) in [6.07, 6.45) is 0.673. The van der Waals surface area contributed by atoms with Gasteiger partial charge in [0.1, 0.15) is 12.4 Å². The molecule has 0 saturated heterocycles. The maximum Gasteiger partial charge on any atom is 0.261 e. The highest BCUT2D eigenvalue weighted by Gasteiger charge is 2.25. The van der Waals surface area contributed by atoms with Gasteiger partial charge in [0.25, 0.3) is 5.56 Å². The van der Waals surface area contributed by atoms with Gasteiger partial charge in [-0.2, -0.15) is 0 Å². The molecule has 1 aromatic carbocycles. The van der Waals surface area contributed by atoms with Gasteiger partial charge in [-0.05, 0) is 25.5 Å². The molecule has 0 aliphatic carbocycles. The predicted octanol–water partition coefficient (Wildman–Crippen LogP) is 1.62. The number of hydrogen-bond acceptors (Lipinski definition) is 6. The Morgan fingerprint density at radius 1 is 1.14 bits per heavy atom. The Balaban J connectivity index is 2.50. The molecule has 8 heteroatoms. The van der Waals surface area contributed by atoms with Gasteiger partial charge in [0.15, 0.2) is 0 Å². The first-order valence-corrected chi connectivity index (χ1v) is 9.30. The second kappa shape index (κ2) is 10.9. The SMILES string of the molecule is COCCCN(C(=O)COC)C(C)c1nc2ccccc2c(=O)n1CCOC. The lowest BCUT2D eigenvalue weighted by molar-refractivity contribution is -0.137. The van der Waals surface area contributed by atoms with Gasteiger partial charge in [-0.15, -0.1) is 0 Å². The number of para-hydroxylation sites is 1. The van der Waals surface area contributed by atoms with Crippen LogP contribution in [0.4, 0.5) is 0 Å². The fraction of sp³-hybridized carbons (Fsp3) is 0.550. The van der Waals surface area contributed by atoms with Crippen molar-refractivity contribution in [2.24, 2.45) is 0 Å². The summed E-state index contributed by atoms with van der Waals surface area (Å²) in [5.41, 5.74) is 0.472. The third-order valence-corrected chi connectivity index (χ3v) is 4.59. The second-order valence-electron chi connectivity index (χ2n) is 6.48. The monoisotopic (exact) mass is 391 g/mol. The van der Waals surface area contributed by atoms with Crippen LogP contribution in [-0.2, 0) is 25.5 Å². The number of ether oxygens (including phenoxy) is 3. The van der Waals surface area contributed by atoms with E-state index in [4.69, 9.17) is 19.2 Å².